The van der Waals surface area contributed by atoms with E-state index in [1.807, 2.05) is 17.0 Å². The molecule has 0 aliphatic carbocycles. The summed E-state index contributed by atoms with van der Waals surface area (Å²) >= 11 is 1.79. The molecule has 3 nitrogen and oxygen atoms in total. The number of para-hydroxylation sites is 1. The highest BCUT2D eigenvalue weighted by atomic mass is 32.2. The molecule has 2 heterocycles. The second-order valence-corrected chi connectivity index (χ2v) is 7.93. The number of carbonyl (C=O) groups excluding carboxylic acids is 1. The fourth-order valence-corrected chi connectivity index (χ4v) is 4.29. The summed E-state index contributed by atoms with van der Waals surface area (Å²) in [6, 6.07) is 14.4. The van der Waals surface area contributed by atoms with Crippen molar-refractivity contribution < 1.29 is 4.79 Å². The van der Waals surface area contributed by atoms with Crippen LogP contribution in [0.15, 0.2) is 54.7 Å². The first-order valence-electron chi connectivity index (χ1n) is 9.30. The van der Waals surface area contributed by atoms with Gasteiger partial charge in [0.25, 0.3) is 5.91 Å². The molecular weight excluding hydrogens is 352 g/mol. The lowest BCUT2D eigenvalue weighted by molar-refractivity contribution is 0.0773. The van der Waals surface area contributed by atoms with Crippen LogP contribution in [0.2, 0.25) is 0 Å². The third kappa shape index (κ3) is 3.54. The highest BCUT2D eigenvalue weighted by Gasteiger charge is 2.20. The lowest BCUT2D eigenvalue weighted by Crippen LogP contribution is -2.34. The average Bonchev–Trinajstić information content (AvgIpc) is 3.14. The van der Waals surface area contributed by atoms with Crippen LogP contribution < -0.4 is 0 Å². The van der Waals surface area contributed by atoms with Crippen LogP contribution in [0.5, 0.6) is 0 Å². The van der Waals surface area contributed by atoms with Crippen molar-refractivity contribution in [1.82, 2.24) is 9.88 Å². The number of nitrogens with zero attached hydrogens (tertiary/aromatic N) is 1. The van der Waals surface area contributed by atoms with Crippen molar-refractivity contribution in [3.05, 3.63) is 77.0 Å². The quantitative estimate of drug-likeness (QED) is 0.673. The van der Waals surface area contributed by atoms with Crippen LogP contribution in [-0.4, -0.2) is 35.1 Å². The van der Waals surface area contributed by atoms with Gasteiger partial charge in [-0.1, -0.05) is 36.4 Å². The molecule has 138 valence electrons. The Kier molecular flexibility index (Phi) is 5.08. The summed E-state index contributed by atoms with van der Waals surface area (Å²) in [5.41, 5.74) is 7.09. The Labute approximate surface area is 164 Å². The molecule has 1 aliphatic heterocycles. The number of thioether (sulfide) groups is 1. The molecule has 2 aromatic carbocycles. The standard InChI is InChI=1S/C23H24N2OS/c1-16-4-3-5-20-21(14-24-22(16)20)18-10-12-25(13-11-18)23(26)19-8-6-17(7-9-19)15-27-2/h3-10,14,24H,11-13,15H2,1-2H3. The molecule has 3 aromatic rings. The van der Waals surface area contributed by atoms with Crippen LogP contribution in [0.4, 0.5) is 0 Å². The molecule has 0 radical (unpaired) electrons. The van der Waals surface area contributed by atoms with Crippen LogP contribution >= 0.6 is 11.8 Å². The maximum absolute atomic E-state index is 12.8. The number of aromatic amines is 1. The Hall–Kier alpha value is -2.46. The Morgan fingerprint density at radius 3 is 2.70 bits per heavy atom. The number of nitrogens with one attached hydrogen (secondary N) is 1. The number of hydrogen-bond acceptors (Lipinski definition) is 2. The molecule has 1 aromatic heterocycles. The minimum Gasteiger partial charge on any atom is -0.360 e. The molecule has 4 heteroatoms. The Morgan fingerprint density at radius 1 is 1.19 bits per heavy atom. The smallest absolute Gasteiger partial charge is 0.254 e. The second kappa shape index (κ2) is 7.65. The van der Waals surface area contributed by atoms with Gasteiger partial charge in [0.15, 0.2) is 0 Å². The molecule has 4 rings (SSSR count). The average molecular weight is 377 g/mol. The van der Waals surface area contributed by atoms with Gasteiger partial charge < -0.3 is 9.88 Å². The first-order chi connectivity index (χ1) is 13.2. The van der Waals surface area contributed by atoms with Gasteiger partial charge in [-0.15, -0.1) is 0 Å². The number of benzene rings is 2. The SMILES string of the molecule is CSCc1ccc(C(=O)N2CC=C(c3c[nH]c4c(C)cccc34)CC2)cc1. The molecule has 1 N–H and O–H groups in total. The van der Waals surface area contributed by atoms with Crippen LogP contribution in [-0.2, 0) is 5.75 Å². The Morgan fingerprint density at radius 2 is 2.00 bits per heavy atom. The van der Waals surface area contributed by atoms with Crippen molar-refractivity contribution in [3.8, 4) is 0 Å². The number of aromatic nitrogens is 1. The fourth-order valence-electron chi connectivity index (χ4n) is 3.76. The maximum atomic E-state index is 12.8. The number of fused-ring (bicyclic) bond motifs is 1. The van der Waals surface area contributed by atoms with Gasteiger partial charge in [-0.2, -0.15) is 11.8 Å². The molecule has 0 atom stereocenters. The summed E-state index contributed by atoms with van der Waals surface area (Å²) in [6.07, 6.45) is 7.28. The molecule has 1 amide bonds. The molecule has 0 saturated heterocycles. The summed E-state index contributed by atoms with van der Waals surface area (Å²) < 4.78 is 0. The molecule has 1 aliphatic rings. The van der Waals surface area contributed by atoms with E-state index in [4.69, 9.17) is 0 Å². The zero-order valence-electron chi connectivity index (χ0n) is 15.8. The normalized spacial score (nSPS) is 14.4. The first-order valence-corrected chi connectivity index (χ1v) is 10.7. The highest BCUT2D eigenvalue weighted by Crippen LogP contribution is 2.30. The summed E-state index contributed by atoms with van der Waals surface area (Å²) in [5, 5.41) is 1.27. The van der Waals surface area contributed by atoms with Crippen molar-refractivity contribution in [2.45, 2.75) is 19.1 Å². The van der Waals surface area contributed by atoms with E-state index in [2.05, 4.69) is 60.8 Å². The second-order valence-electron chi connectivity index (χ2n) is 7.06. The summed E-state index contributed by atoms with van der Waals surface area (Å²) in [4.78, 5) is 18.1. The minimum atomic E-state index is 0.121. The van der Waals surface area contributed by atoms with Gasteiger partial charge in [0, 0.05) is 47.1 Å². The topological polar surface area (TPSA) is 36.1 Å². The largest absolute Gasteiger partial charge is 0.360 e. The molecule has 0 saturated carbocycles. The van der Waals surface area contributed by atoms with E-state index in [1.165, 1.54) is 33.2 Å². The Bertz CT molecular complexity index is 1000. The third-order valence-electron chi connectivity index (χ3n) is 5.28. The Balaban J connectivity index is 1.50. The van der Waals surface area contributed by atoms with Gasteiger partial charge in [0.05, 0.1) is 0 Å². The highest BCUT2D eigenvalue weighted by molar-refractivity contribution is 7.97. The number of amides is 1. The molecule has 0 unspecified atom stereocenters. The van der Waals surface area contributed by atoms with Gasteiger partial charge in [0.2, 0.25) is 0 Å². The van der Waals surface area contributed by atoms with Crippen molar-refractivity contribution in [2.75, 3.05) is 19.3 Å². The number of carbonyl (C=O) groups is 1. The van der Waals surface area contributed by atoms with Crippen molar-refractivity contribution in [1.29, 1.82) is 0 Å². The van der Waals surface area contributed by atoms with E-state index >= 15 is 0 Å². The van der Waals surface area contributed by atoms with E-state index in [1.54, 1.807) is 11.8 Å². The maximum Gasteiger partial charge on any atom is 0.254 e. The molecular formula is C23H24N2OS. The summed E-state index contributed by atoms with van der Waals surface area (Å²) in [5.74, 6) is 1.10. The number of hydrogen-bond donors (Lipinski definition) is 1. The predicted octanol–water partition coefficient (Wildman–Crippen LogP) is 5.27. The zero-order valence-corrected chi connectivity index (χ0v) is 16.6. The fraction of sp³-hybridized carbons (Fsp3) is 0.261. The van der Waals surface area contributed by atoms with Gasteiger partial charge in [-0.25, -0.2) is 0 Å². The first kappa shape index (κ1) is 17.9. The lowest BCUT2D eigenvalue weighted by atomic mass is 9.98. The van der Waals surface area contributed by atoms with Gasteiger partial charge >= 0.3 is 0 Å². The minimum absolute atomic E-state index is 0.121. The lowest BCUT2D eigenvalue weighted by Gasteiger charge is -2.26. The van der Waals surface area contributed by atoms with Gasteiger partial charge in [-0.05, 0) is 48.4 Å². The van der Waals surface area contributed by atoms with Crippen LogP contribution in [0.25, 0.3) is 16.5 Å². The van der Waals surface area contributed by atoms with E-state index in [-0.39, 0.29) is 5.91 Å². The zero-order chi connectivity index (χ0) is 18.8. The number of rotatable bonds is 4. The van der Waals surface area contributed by atoms with Crippen LogP contribution in [0.1, 0.15) is 33.5 Å². The number of aryl methyl sites for hydroxylation is 1. The van der Waals surface area contributed by atoms with E-state index < -0.39 is 0 Å². The predicted molar refractivity (Wildman–Crippen MR) is 115 cm³/mol. The molecule has 0 spiro atoms. The van der Waals surface area contributed by atoms with E-state index in [9.17, 15) is 4.79 Å². The van der Waals surface area contributed by atoms with Crippen LogP contribution in [0.3, 0.4) is 0 Å². The molecule has 0 fully saturated rings. The van der Waals surface area contributed by atoms with Gasteiger partial charge in [0.1, 0.15) is 0 Å². The monoisotopic (exact) mass is 376 g/mol. The third-order valence-corrected chi connectivity index (χ3v) is 5.90. The van der Waals surface area contributed by atoms with E-state index in [0.717, 1.165) is 24.3 Å². The van der Waals surface area contributed by atoms with Crippen molar-refractivity contribution in [2.24, 2.45) is 0 Å². The summed E-state index contributed by atoms with van der Waals surface area (Å²) in [7, 11) is 0. The summed E-state index contributed by atoms with van der Waals surface area (Å²) in [6.45, 7) is 3.55. The van der Waals surface area contributed by atoms with E-state index in [0.29, 0.717) is 6.54 Å². The van der Waals surface area contributed by atoms with Crippen molar-refractivity contribution in [3.63, 3.8) is 0 Å². The van der Waals surface area contributed by atoms with Gasteiger partial charge in [-0.3, -0.25) is 4.79 Å². The molecule has 27 heavy (non-hydrogen) atoms. The van der Waals surface area contributed by atoms with Crippen molar-refractivity contribution >= 4 is 34.1 Å². The molecule has 0 bridgehead atoms. The number of H-pyrrole nitrogens is 1. The van der Waals surface area contributed by atoms with Crippen LogP contribution in [0, 0.1) is 6.92 Å².